The number of nitrogens with zero attached hydrogens (tertiary/aromatic N) is 4. The number of aromatic nitrogens is 2. The molecule has 0 bridgehead atoms. The molecule has 2 fully saturated rings. The molecule has 1 aliphatic heterocycles. The van der Waals surface area contributed by atoms with Crippen LogP contribution in [0.3, 0.4) is 0 Å². The number of hydrogen-bond donors (Lipinski definition) is 1. The molecule has 0 radical (unpaired) electrons. The number of benzene rings is 1. The maximum absolute atomic E-state index is 13.4. The summed E-state index contributed by atoms with van der Waals surface area (Å²) in [6.45, 7) is 1.31. The molecule has 1 aromatic carbocycles. The largest absolute Gasteiger partial charge is 0.494 e. The Labute approximate surface area is 229 Å². The van der Waals surface area contributed by atoms with Crippen molar-refractivity contribution in [2.45, 2.75) is 38.2 Å². The molecule has 220 valence electrons. The standard InChI is InChI=1S/C26H25F6N5O4/c1-13(33)20-19(22(38)36-9-11-37(12-10-36)23(39)24(7-8-24)26(30,31)32)35-21(41-20)15-3-5-16(40-2)18-14(15)4-6-17(34-18)25(27,28)29/h3-6,13H,7-12,33H2,1-2H3/t13-/m0/s1. The van der Waals surface area contributed by atoms with E-state index >= 15 is 0 Å². The third-order valence-electron chi connectivity index (χ3n) is 7.39. The van der Waals surface area contributed by atoms with Gasteiger partial charge in [-0.05, 0) is 44.0 Å². The van der Waals surface area contributed by atoms with Crippen molar-refractivity contribution in [3.8, 4) is 17.2 Å². The normalized spacial score (nSPS) is 18.0. The number of oxazole rings is 1. The number of piperazine rings is 1. The number of hydrogen-bond acceptors (Lipinski definition) is 7. The van der Waals surface area contributed by atoms with Gasteiger partial charge in [0.05, 0.1) is 13.2 Å². The lowest BCUT2D eigenvalue weighted by Gasteiger charge is -2.36. The third kappa shape index (κ3) is 4.96. The first kappa shape index (κ1) is 28.6. The van der Waals surface area contributed by atoms with Gasteiger partial charge < -0.3 is 24.7 Å². The number of ether oxygens (including phenoxy) is 1. The molecule has 1 saturated carbocycles. The van der Waals surface area contributed by atoms with Crippen molar-refractivity contribution < 1.29 is 45.1 Å². The highest BCUT2D eigenvalue weighted by Gasteiger charge is 2.69. The van der Waals surface area contributed by atoms with E-state index in [4.69, 9.17) is 14.9 Å². The zero-order valence-electron chi connectivity index (χ0n) is 21.9. The second kappa shape index (κ2) is 9.89. The van der Waals surface area contributed by atoms with Crippen LogP contribution in [0.4, 0.5) is 26.3 Å². The van der Waals surface area contributed by atoms with Crippen molar-refractivity contribution in [3.63, 3.8) is 0 Å². The van der Waals surface area contributed by atoms with E-state index in [0.717, 1.165) is 11.0 Å². The molecule has 2 aliphatic rings. The van der Waals surface area contributed by atoms with Gasteiger partial charge in [-0.2, -0.15) is 26.3 Å². The molecule has 41 heavy (non-hydrogen) atoms. The molecular formula is C26H25F6N5O4. The number of amides is 2. The molecule has 0 unspecified atom stereocenters. The summed E-state index contributed by atoms with van der Waals surface area (Å²) in [6, 6.07) is 4.09. The smallest absolute Gasteiger partial charge is 0.433 e. The Balaban J connectivity index is 1.43. The number of carbonyl (C=O) groups is 2. The molecule has 2 amide bonds. The fourth-order valence-corrected chi connectivity index (χ4v) is 4.92. The second-order valence-electron chi connectivity index (χ2n) is 10.1. The predicted molar refractivity (Wildman–Crippen MR) is 132 cm³/mol. The van der Waals surface area contributed by atoms with E-state index in [9.17, 15) is 35.9 Å². The minimum atomic E-state index is -4.69. The average molecular weight is 586 g/mol. The SMILES string of the molecule is COc1ccc(-c2nc(C(=O)N3CCN(C(=O)C4(C(F)(F)F)CC4)CC3)c([C@H](C)N)o2)c2ccc(C(F)(F)F)nc12. The molecule has 1 saturated heterocycles. The van der Waals surface area contributed by atoms with Gasteiger partial charge in [0.15, 0.2) is 11.5 Å². The Hall–Kier alpha value is -3.88. The molecule has 2 aromatic heterocycles. The average Bonchev–Trinajstić information content (AvgIpc) is 3.64. The van der Waals surface area contributed by atoms with Crippen LogP contribution in [-0.2, 0) is 11.0 Å². The van der Waals surface area contributed by atoms with Crippen molar-refractivity contribution in [2.24, 2.45) is 11.1 Å². The van der Waals surface area contributed by atoms with Gasteiger partial charge in [0.2, 0.25) is 11.8 Å². The number of halogens is 6. The Morgan fingerprint density at radius 2 is 1.63 bits per heavy atom. The van der Waals surface area contributed by atoms with E-state index in [0.29, 0.717) is 0 Å². The monoisotopic (exact) mass is 585 g/mol. The Kier molecular flexibility index (Phi) is 6.91. The van der Waals surface area contributed by atoms with Gasteiger partial charge in [-0.3, -0.25) is 9.59 Å². The van der Waals surface area contributed by atoms with E-state index in [1.807, 2.05) is 0 Å². The Morgan fingerprint density at radius 1 is 1.00 bits per heavy atom. The summed E-state index contributed by atoms with van der Waals surface area (Å²) in [4.78, 5) is 36.5. The maximum Gasteiger partial charge on any atom is 0.433 e. The van der Waals surface area contributed by atoms with Crippen LogP contribution in [0, 0.1) is 5.41 Å². The van der Waals surface area contributed by atoms with Crippen molar-refractivity contribution in [2.75, 3.05) is 33.3 Å². The van der Waals surface area contributed by atoms with Gasteiger partial charge in [0, 0.05) is 37.1 Å². The summed E-state index contributed by atoms with van der Waals surface area (Å²) < 4.78 is 91.1. The number of nitrogens with two attached hydrogens (primary N) is 1. The first-order chi connectivity index (χ1) is 19.2. The number of pyridine rings is 1. The molecule has 3 aromatic rings. The van der Waals surface area contributed by atoms with Crippen LogP contribution in [0.5, 0.6) is 5.75 Å². The Bertz CT molecular complexity index is 1500. The summed E-state index contributed by atoms with van der Waals surface area (Å²) in [5.74, 6) is -1.58. The van der Waals surface area contributed by atoms with Crippen LogP contribution >= 0.6 is 0 Å². The summed E-state index contributed by atoms with van der Waals surface area (Å²) in [7, 11) is 1.29. The van der Waals surface area contributed by atoms with Crippen molar-refractivity contribution in [1.82, 2.24) is 19.8 Å². The summed E-state index contributed by atoms with van der Waals surface area (Å²) in [6.07, 6.45) is -9.82. The van der Waals surface area contributed by atoms with Gasteiger partial charge in [-0.1, -0.05) is 0 Å². The van der Waals surface area contributed by atoms with Crippen LogP contribution in [0.1, 0.15) is 47.7 Å². The van der Waals surface area contributed by atoms with Crippen LogP contribution < -0.4 is 10.5 Å². The van der Waals surface area contributed by atoms with Gasteiger partial charge >= 0.3 is 12.4 Å². The van der Waals surface area contributed by atoms with Crippen LogP contribution in [0.15, 0.2) is 28.7 Å². The maximum atomic E-state index is 13.4. The van der Waals surface area contributed by atoms with E-state index in [1.54, 1.807) is 6.92 Å². The van der Waals surface area contributed by atoms with Crippen molar-refractivity contribution >= 4 is 22.7 Å². The first-order valence-corrected chi connectivity index (χ1v) is 12.6. The van der Waals surface area contributed by atoms with E-state index < -0.39 is 41.3 Å². The lowest BCUT2D eigenvalue weighted by Crippen LogP contribution is -2.54. The molecule has 5 rings (SSSR count). The number of fused-ring (bicyclic) bond motifs is 1. The highest BCUT2D eigenvalue weighted by atomic mass is 19.4. The fourth-order valence-electron chi connectivity index (χ4n) is 4.92. The number of carbonyl (C=O) groups excluding carboxylic acids is 2. The fraction of sp³-hybridized carbons (Fsp3) is 0.462. The minimum Gasteiger partial charge on any atom is -0.494 e. The van der Waals surface area contributed by atoms with E-state index in [-0.39, 0.29) is 78.6 Å². The molecule has 1 atom stereocenters. The van der Waals surface area contributed by atoms with Crippen LogP contribution in [-0.4, -0.2) is 71.0 Å². The summed E-state index contributed by atoms with van der Waals surface area (Å²) in [5, 5.41) is 0.222. The first-order valence-electron chi connectivity index (χ1n) is 12.6. The van der Waals surface area contributed by atoms with Gasteiger partial charge in [-0.15, -0.1) is 0 Å². The van der Waals surface area contributed by atoms with Crippen molar-refractivity contribution in [1.29, 1.82) is 0 Å². The van der Waals surface area contributed by atoms with Crippen LogP contribution in [0.25, 0.3) is 22.4 Å². The van der Waals surface area contributed by atoms with Crippen LogP contribution in [0.2, 0.25) is 0 Å². The molecule has 1 aliphatic carbocycles. The number of methoxy groups -OCH3 is 1. The van der Waals surface area contributed by atoms with E-state index in [1.165, 1.54) is 30.2 Å². The molecule has 0 spiro atoms. The predicted octanol–water partition coefficient (Wildman–Crippen LogP) is 4.56. The molecule has 15 heteroatoms. The number of alkyl halides is 6. The number of rotatable bonds is 5. The Morgan fingerprint density at radius 3 is 2.17 bits per heavy atom. The second-order valence-corrected chi connectivity index (χ2v) is 10.1. The molecule has 9 nitrogen and oxygen atoms in total. The summed E-state index contributed by atoms with van der Waals surface area (Å²) in [5.41, 5.74) is 2.57. The quantitative estimate of drug-likeness (QED) is 0.437. The zero-order valence-corrected chi connectivity index (χ0v) is 21.9. The third-order valence-corrected chi connectivity index (χ3v) is 7.39. The summed E-state index contributed by atoms with van der Waals surface area (Å²) >= 11 is 0. The highest BCUT2D eigenvalue weighted by Crippen LogP contribution is 2.58. The molecule has 2 N–H and O–H groups in total. The topological polar surface area (TPSA) is 115 Å². The van der Waals surface area contributed by atoms with Crippen molar-refractivity contribution in [3.05, 3.63) is 41.4 Å². The zero-order chi connectivity index (χ0) is 29.9. The molecule has 3 heterocycles. The van der Waals surface area contributed by atoms with Gasteiger partial charge in [-0.25, -0.2) is 9.97 Å². The highest BCUT2D eigenvalue weighted by molar-refractivity contribution is 5.98. The lowest BCUT2D eigenvalue weighted by atomic mass is 10.0. The van der Waals surface area contributed by atoms with Gasteiger partial charge in [0.1, 0.15) is 22.4 Å². The molecular weight excluding hydrogens is 560 g/mol. The minimum absolute atomic E-state index is 0.0151. The lowest BCUT2D eigenvalue weighted by molar-refractivity contribution is -0.199. The van der Waals surface area contributed by atoms with E-state index in [2.05, 4.69) is 9.97 Å². The van der Waals surface area contributed by atoms with Gasteiger partial charge in [0.25, 0.3) is 5.91 Å².